The Hall–Kier alpha value is -2.69. The van der Waals surface area contributed by atoms with Crippen LogP contribution in [-0.4, -0.2) is 20.5 Å². The number of hydrogen-bond donors (Lipinski definition) is 1. The third kappa shape index (κ3) is 2.50. The fourth-order valence-electron chi connectivity index (χ4n) is 2.41. The Bertz CT molecular complexity index is 794. The molecule has 0 aliphatic heterocycles. The third-order valence-electron chi connectivity index (χ3n) is 3.53. The van der Waals surface area contributed by atoms with E-state index >= 15 is 0 Å². The predicted octanol–water partition coefficient (Wildman–Crippen LogP) is 2.53. The van der Waals surface area contributed by atoms with Gasteiger partial charge in [-0.2, -0.15) is 5.10 Å². The molecule has 2 aromatic heterocycles. The lowest BCUT2D eigenvalue weighted by atomic mass is 10.0. The second-order valence-corrected chi connectivity index (χ2v) is 5.00. The minimum absolute atomic E-state index is 0.0719. The summed E-state index contributed by atoms with van der Waals surface area (Å²) >= 11 is 0. The van der Waals surface area contributed by atoms with Crippen molar-refractivity contribution in [3.8, 4) is 0 Å². The van der Waals surface area contributed by atoms with E-state index in [1.165, 1.54) is 0 Å². The van der Waals surface area contributed by atoms with Gasteiger partial charge in [-0.25, -0.2) is 9.50 Å². The molecule has 5 heteroatoms. The Labute approximate surface area is 122 Å². The first-order chi connectivity index (χ1) is 10.2. The molecule has 0 bridgehead atoms. The van der Waals surface area contributed by atoms with Gasteiger partial charge in [0, 0.05) is 12.4 Å². The molecular formula is C16H16N4O. The van der Waals surface area contributed by atoms with Gasteiger partial charge < -0.3 is 5.32 Å². The monoisotopic (exact) mass is 280 g/mol. The van der Waals surface area contributed by atoms with E-state index in [0.29, 0.717) is 11.2 Å². The summed E-state index contributed by atoms with van der Waals surface area (Å²) in [6, 6.07) is 9.73. The first kappa shape index (κ1) is 13.3. The van der Waals surface area contributed by atoms with E-state index in [2.05, 4.69) is 15.4 Å². The number of aromatic nitrogens is 3. The van der Waals surface area contributed by atoms with E-state index in [4.69, 9.17) is 0 Å². The van der Waals surface area contributed by atoms with E-state index in [9.17, 15) is 4.79 Å². The van der Waals surface area contributed by atoms with Crippen LogP contribution >= 0.6 is 0 Å². The van der Waals surface area contributed by atoms with Crippen LogP contribution in [-0.2, 0) is 0 Å². The number of nitrogens with zero attached hydrogens (tertiary/aromatic N) is 3. The minimum atomic E-state index is -0.167. The van der Waals surface area contributed by atoms with E-state index in [-0.39, 0.29) is 11.9 Å². The summed E-state index contributed by atoms with van der Waals surface area (Å²) in [5.74, 6) is -0.167. The second kappa shape index (κ2) is 5.36. The Kier molecular flexibility index (Phi) is 3.39. The van der Waals surface area contributed by atoms with Crippen LogP contribution in [0.1, 0.15) is 34.5 Å². The van der Waals surface area contributed by atoms with Crippen molar-refractivity contribution in [3.05, 3.63) is 65.6 Å². The quantitative estimate of drug-likeness (QED) is 0.802. The molecule has 21 heavy (non-hydrogen) atoms. The number of rotatable bonds is 3. The Morgan fingerprint density at radius 3 is 2.90 bits per heavy atom. The molecule has 0 aliphatic rings. The summed E-state index contributed by atoms with van der Waals surface area (Å²) in [5, 5.41) is 7.13. The van der Waals surface area contributed by atoms with E-state index in [0.717, 1.165) is 11.1 Å². The van der Waals surface area contributed by atoms with Gasteiger partial charge in [0.25, 0.3) is 5.91 Å². The number of nitrogens with one attached hydrogen (secondary N) is 1. The number of carbonyl (C=O) groups excluding carboxylic acids is 1. The lowest BCUT2D eigenvalue weighted by molar-refractivity contribution is 0.0941. The zero-order valence-corrected chi connectivity index (χ0v) is 11.9. The highest BCUT2D eigenvalue weighted by molar-refractivity contribution is 5.99. The average Bonchev–Trinajstić information content (AvgIpc) is 2.91. The van der Waals surface area contributed by atoms with Crippen molar-refractivity contribution in [3.63, 3.8) is 0 Å². The van der Waals surface area contributed by atoms with Crippen LogP contribution in [0.3, 0.4) is 0 Å². The second-order valence-electron chi connectivity index (χ2n) is 5.00. The van der Waals surface area contributed by atoms with Gasteiger partial charge in [-0.1, -0.05) is 24.3 Å². The molecule has 0 saturated heterocycles. The fraction of sp³-hybridized carbons (Fsp3) is 0.188. The van der Waals surface area contributed by atoms with Gasteiger partial charge in [-0.05, 0) is 31.0 Å². The minimum Gasteiger partial charge on any atom is -0.345 e. The molecule has 1 aromatic carbocycles. The number of benzene rings is 1. The zero-order chi connectivity index (χ0) is 14.8. The zero-order valence-electron chi connectivity index (χ0n) is 11.9. The Morgan fingerprint density at radius 2 is 2.10 bits per heavy atom. The summed E-state index contributed by atoms with van der Waals surface area (Å²) in [6.45, 7) is 4.01. The molecular weight excluding hydrogens is 264 g/mol. The molecule has 1 amide bonds. The number of amides is 1. The highest BCUT2D eigenvalue weighted by Gasteiger charge is 2.17. The van der Waals surface area contributed by atoms with Crippen LogP contribution < -0.4 is 5.32 Å². The highest BCUT2D eigenvalue weighted by Crippen LogP contribution is 2.17. The van der Waals surface area contributed by atoms with E-state index in [1.54, 1.807) is 29.2 Å². The summed E-state index contributed by atoms with van der Waals surface area (Å²) in [7, 11) is 0. The number of hydrogen-bond acceptors (Lipinski definition) is 3. The topological polar surface area (TPSA) is 59.3 Å². The molecule has 0 spiro atoms. The molecule has 106 valence electrons. The van der Waals surface area contributed by atoms with Crippen molar-refractivity contribution >= 4 is 11.6 Å². The predicted molar refractivity (Wildman–Crippen MR) is 80.0 cm³/mol. The van der Waals surface area contributed by atoms with Crippen LogP contribution in [0.4, 0.5) is 0 Å². The van der Waals surface area contributed by atoms with Crippen LogP contribution in [0.25, 0.3) is 5.65 Å². The molecule has 0 saturated carbocycles. The Morgan fingerprint density at radius 1 is 1.29 bits per heavy atom. The average molecular weight is 280 g/mol. The van der Waals surface area contributed by atoms with Gasteiger partial charge in [-0.15, -0.1) is 0 Å². The summed E-state index contributed by atoms with van der Waals surface area (Å²) in [5.41, 5.74) is 3.31. The van der Waals surface area contributed by atoms with Crippen molar-refractivity contribution < 1.29 is 4.79 Å². The van der Waals surface area contributed by atoms with Gasteiger partial charge in [0.15, 0.2) is 5.65 Å². The standard InChI is InChI=1S/C16H16N4O/c1-11-6-3-4-7-13(11)12(2)19-16(21)14-10-18-20-9-5-8-17-15(14)20/h3-10,12H,1-2H3,(H,19,21)/t12-/m1/s1. The lowest BCUT2D eigenvalue weighted by Crippen LogP contribution is -2.27. The van der Waals surface area contributed by atoms with Crippen molar-refractivity contribution in [2.24, 2.45) is 0 Å². The van der Waals surface area contributed by atoms with Gasteiger partial charge >= 0.3 is 0 Å². The van der Waals surface area contributed by atoms with E-state index < -0.39 is 0 Å². The van der Waals surface area contributed by atoms with Crippen molar-refractivity contribution in [2.45, 2.75) is 19.9 Å². The summed E-state index contributed by atoms with van der Waals surface area (Å²) in [4.78, 5) is 16.6. The normalized spacial score (nSPS) is 12.3. The van der Waals surface area contributed by atoms with Crippen LogP contribution in [0, 0.1) is 6.92 Å². The number of carbonyl (C=O) groups is 1. The molecule has 0 fully saturated rings. The van der Waals surface area contributed by atoms with Crippen LogP contribution in [0.2, 0.25) is 0 Å². The first-order valence-corrected chi connectivity index (χ1v) is 6.81. The summed E-state index contributed by atoms with van der Waals surface area (Å²) in [6.07, 6.45) is 4.96. The van der Waals surface area contributed by atoms with Gasteiger partial charge in [0.05, 0.1) is 12.2 Å². The van der Waals surface area contributed by atoms with Crippen molar-refractivity contribution in [1.82, 2.24) is 19.9 Å². The molecule has 0 unspecified atom stereocenters. The van der Waals surface area contributed by atoms with Crippen LogP contribution in [0.5, 0.6) is 0 Å². The van der Waals surface area contributed by atoms with Gasteiger partial charge in [-0.3, -0.25) is 4.79 Å². The van der Waals surface area contributed by atoms with Gasteiger partial charge in [0.2, 0.25) is 0 Å². The molecule has 5 nitrogen and oxygen atoms in total. The number of fused-ring (bicyclic) bond motifs is 1. The molecule has 3 rings (SSSR count). The lowest BCUT2D eigenvalue weighted by Gasteiger charge is -2.16. The molecule has 1 N–H and O–H groups in total. The molecule has 3 aromatic rings. The highest BCUT2D eigenvalue weighted by atomic mass is 16.1. The van der Waals surface area contributed by atoms with Crippen molar-refractivity contribution in [2.75, 3.05) is 0 Å². The SMILES string of the molecule is Cc1ccccc1[C@@H](C)NC(=O)c1cnn2cccnc12. The smallest absolute Gasteiger partial charge is 0.257 e. The fourth-order valence-corrected chi connectivity index (χ4v) is 2.41. The van der Waals surface area contributed by atoms with Crippen LogP contribution in [0.15, 0.2) is 48.9 Å². The maximum Gasteiger partial charge on any atom is 0.257 e. The molecule has 2 heterocycles. The maximum absolute atomic E-state index is 12.4. The summed E-state index contributed by atoms with van der Waals surface area (Å²) < 4.78 is 1.59. The van der Waals surface area contributed by atoms with E-state index in [1.807, 2.05) is 38.1 Å². The maximum atomic E-state index is 12.4. The number of aryl methyl sites for hydroxylation is 1. The molecule has 1 atom stereocenters. The van der Waals surface area contributed by atoms with Crippen molar-refractivity contribution in [1.29, 1.82) is 0 Å². The largest absolute Gasteiger partial charge is 0.345 e. The molecule has 0 aliphatic carbocycles. The first-order valence-electron chi connectivity index (χ1n) is 6.81. The third-order valence-corrected chi connectivity index (χ3v) is 3.53. The molecule has 0 radical (unpaired) electrons. The Balaban J connectivity index is 1.85. The van der Waals surface area contributed by atoms with Gasteiger partial charge in [0.1, 0.15) is 5.56 Å².